The van der Waals surface area contributed by atoms with E-state index < -0.39 is 5.97 Å². The van der Waals surface area contributed by atoms with E-state index in [0.717, 1.165) is 24.1 Å². The Hall–Kier alpha value is -1.61. The molecule has 0 unspecified atom stereocenters. The van der Waals surface area contributed by atoms with Crippen LogP contribution >= 0.6 is 0 Å². The van der Waals surface area contributed by atoms with Crippen molar-refractivity contribution in [1.82, 2.24) is 4.90 Å². The highest BCUT2D eigenvalue weighted by molar-refractivity contribution is 5.97. The quantitative estimate of drug-likeness (QED) is 0.848. The molecule has 17 heavy (non-hydrogen) atoms. The van der Waals surface area contributed by atoms with Gasteiger partial charge in [0.1, 0.15) is 0 Å². The Morgan fingerprint density at radius 1 is 1.41 bits per heavy atom. The van der Waals surface area contributed by atoms with E-state index >= 15 is 0 Å². The van der Waals surface area contributed by atoms with E-state index in [4.69, 9.17) is 0 Å². The first-order valence-corrected chi connectivity index (χ1v) is 5.79. The van der Waals surface area contributed by atoms with Gasteiger partial charge in [-0.05, 0) is 31.5 Å². The van der Waals surface area contributed by atoms with Crippen LogP contribution in [0, 0.1) is 6.92 Å². The molecule has 2 rings (SSSR count). The molecule has 0 saturated heterocycles. The molecule has 1 aliphatic rings. The molecule has 0 fully saturated rings. The molecule has 0 aromatic heterocycles. The van der Waals surface area contributed by atoms with E-state index in [1.807, 2.05) is 37.1 Å². The molecular formula is C14H17NO2. The smallest absolute Gasteiger partial charge is 0.333 e. The number of carbonyl (C=O) groups is 1. The Labute approximate surface area is 101 Å². The normalized spacial score (nSPS) is 17.3. The third-order valence-corrected chi connectivity index (χ3v) is 3.16. The lowest BCUT2D eigenvalue weighted by molar-refractivity contribution is -0.132. The molecule has 0 aliphatic carbocycles. The second-order valence-corrected chi connectivity index (χ2v) is 4.62. The summed E-state index contributed by atoms with van der Waals surface area (Å²) >= 11 is 0. The van der Waals surface area contributed by atoms with Crippen LogP contribution in [0.2, 0.25) is 0 Å². The first kappa shape index (κ1) is 11.9. The fraction of sp³-hybridized carbons (Fsp3) is 0.357. The monoisotopic (exact) mass is 231 g/mol. The summed E-state index contributed by atoms with van der Waals surface area (Å²) in [5.41, 5.74) is 3.73. The Morgan fingerprint density at radius 3 is 2.82 bits per heavy atom. The summed E-state index contributed by atoms with van der Waals surface area (Å²) in [7, 11) is 1.95. The number of carboxylic acid groups (broad SMARTS) is 1. The Bertz CT molecular complexity index is 477. The zero-order valence-corrected chi connectivity index (χ0v) is 10.2. The molecule has 1 N–H and O–H groups in total. The van der Waals surface area contributed by atoms with Crippen molar-refractivity contribution in [3.8, 4) is 0 Å². The fourth-order valence-electron chi connectivity index (χ4n) is 2.25. The SMILES string of the molecule is Cc1cccc(C2=C(C(=O)O)CN(C)CC2)c1. The van der Waals surface area contributed by atoms with Crippen molar-refractivity contribution in [1.29, 1.82) is 0 Å². The van der Waals surface area contributed by atoms with Gasteiger partial charge < -0.3 is 10.0 Å². The molecule has 0 amide bonds. The van der Waals surface area contributed by atoms with Crippen LogP contribution < -0.4 is 0 Å². The van der Waals surface area contributed by atoms with Crippen molar-refractivity contribution in [3.63, 3.8) is 0 Å². The summed E-state index contributed by atoms with van der Waals surface area (Å²) in [5, 5.41) is 9.27. The van der Waals surface area contributed by atoms with Crippen LogP contribution in [-0.4, -0.2) is 36.1 Å². The van der Waals surface area contributed by atoms with Crippen molar-refractivity contribution < 1.29 is 9.90 Å². The number of aliphatic carboxylic acids is 1. The zero-order chi connectivity index (χ0) is 12.4. The van der Waals surface area contributed by atoms with E-state index in [2.05, 4.69) is 6.07 Å². The number of benzene rings is 1. The second-order valence-electron chi connectivity index (χ2n) is 4.62. The molecule has 0 radical (unpaired) electrons. The van der Waals surface area contributed by atoms with Gasteiger partial charge in [0.05, 0.1) is 5.57 Å². The summed E-state index contributed by atoms with van der Waals surface area (Å²) < 4.78 is 0. The van der Waals surface area contributed by atoms with Gasteiger partial charge >= 0.3 is 5.97 Å². The highest BCUT2D eigenvalue weighted by atomic mass is 16.4. The van der Waals surface area contributed by atoms with Crippen LogP contribution in [0.15, 0.2) is 29.8 Å². The number of hydrogen-bond donors (Lipinski definition) is 1. The first-order chi connectivity index (χ1) is 8.08. The average Bonchev–Trinajstić information content (AvgIpc) is 2.28. The molecular weight excluding hydrogens is 214 g/mol. The van der Waals surface area contributed by atoms with E-state index in [1.165, 1.54) is 5.56 Å². The molecule has 0 spiro atoms. The van der Waals surface area contributed by atoms with Gasteiger partial charge in [-0.1, -0.05) is 29.8 Å². The number of carboxylic acids is 1. The van der Waals surface area contributed by atoms with Gasteiger partial charge in [-0.25, -0.2) is 4.79 Å². The second kappa shape index (κ2) is 4.72. The van der Waals surface area contributed by atoms with Crippen LogP contribution in [0.25, 0.3) is 5.57 Å². The highest BCUT2D eigenvalue weighted by Crippen LogP contribution is 2.27. The first-order valence-electron chi connectivity index (χ1n) is 5.79. The van der Waals surface area contributed by atoms with Crippen molar-refractivity contribution in [2.75, 3.05) is 20.1 Å². The largest absolute Gasteiger partial charge is 0.478 e. The van der Waals surface area contributed by atoms with E-state index in [9.17, 15) is 9.90 Å². The van der Waals surface area contributed by atoms with Gasteiger partial charge in [-0.2, -0.15) is 0 Å². The third kappa shape index (κ3) is 2.56. The predicted molar refractivity (Wildman–Crippen MR) is 67.8 cm³/mol. The molecule has 0 saturated carbocycles. The lowest BCUT2D eigenvalue weighted by Gasteiger charge is -2.26. The number of likely N-dealkylation sites (N-methyl/N-ethyl adjacent to an activating group) is 1. The van der Waals surface area contributed by atoms with Crippen molar-refractivity contribution in [3.05, 3.63) is 41.0 Å². The molecule has 1 aromatic rings. The van der Waals surface area contributed by atoms with E-state index in [0.29, 0.717) is 12.1 Å². The Balaban J connectivity index is 2.46. The van der Waals surface area contributed by atoms with Gasteiger partial charge in [0, 0.05) is 13.1 Å². The highest BCUT2D eigenvalue weighted by Gasteiger charge is 2.22. The zero-order valence-electron chi connectivity index (χ0n) is 10.2. The lowest BCUT2D eigenvalue weighted by Crippen LogP contribution is -2.30. The molecule has 90 valence electrons. The van der Waals surface area contributed by atoms with Gasteiger partial charge in [-0.15, -0.1) is 0 Å². The van der Waals surface area contributed by atoms with Crippen molar-refractivity contribution in [2.24, 2.45) is 0 Å². The summed E-state index contributed by atoms with van der Waals surface area (Å²) in [6, 6.07) is 8.06. The van der Waals surface area contributed by atoms with Crippen molar-refractivity contribution >= 4 is 11.5 Å². The van der Waals surface area contributed by atoms with Crippen LogP contribution in [0.4, 0.5) is 0 Å². The number of hydrogen-bond acceptors (Lipinski definition) is 2. The molecule has 0 bridgehead atoms. The maximum atomic E-state index is 11.3. The fourth-order valence-corrected chi connectivity index (χ4v) is 2.25. The molecule has 3 heteroatoms. The number of nitrogens with zero attached hydrogens (tertiary/aromatic N) is 1. The van der Waals surface area contributed by atoms with Crippen LogP contribution in [0.5, 0.6) is 0 Å². The Morgan fingerprint density at radius 2 is 2.18 bits per heavy atom. The maximum absolute atomic E-state index is 11.3. The summed E-state index contributed by atoms with van der Waals surface area (Å²) in [6.45, 7) is 3.47. The van der Waals surface area contributed by atoms with Crippen LogP contribution in [0.1, 0.15) is 17.5 Å². The summed E-state index contributed by atoms with van der Waals surface area (Å²) in [6.07, 6.45) is 0.807. The molecule has 3 nitrogen and oxygen atoms in total. The standard InChI is InChI=1S/C14H17NO2/c1-10-4-3-5-11(8-10)12-6-7-15(2)9-13(12)14(16)17/h3-5,8H,6-7,9H2,1-2H3,(H,16,17). The van der Waals surface area contributed by atoms with Gasteiger partial charge in [0.2, 0.25) is 0 Å². The molecule has 0 atom stereocenters. The average molecular weight is 231 g/mol. The minimum Gasteiger partial charge on any atom is -0.478 e. The maximum Gasteiger partial charge on any atom is 0.333 e. The minimum absolute atomic E-state index is 0.526. The summed E-state index contributed by atoms with van der Waals surface area (Å²) in [4.78, 5) is 13.3. The van der Waals surface area contributed by atoms with Crippen LogP contribution in [0.3, 0.4) is 0 Å². The predicted octanol–water partition coefficient (Wildman–Crippen LogP) is 2.17. The van der Waals surface area contributed by atoms with Gasteiger partial charge in [0.15, 0.2) is 0 Å². The van der Waals surface area contributed by atoms with E-state index in [1.54, 1.807) is 0 Å². The van der Waals surface area contributed by atoms with E-state index in [-0.39, 0.29) is 0 Å². The topological polar surface area (TPSA) is 40.5 Å². The molecule has 1 heterocycles. The van der Waals surface area contributed by atoms with Crippen molar-refractivity contribution in [2.45, 2.75) is 13.3 Å². The van der Waals surface area contributed by atoms with Gasteiger partial charge in [0.25, 0.3) is 0 Å². The minimum atomic E-state index is -0.798. The summed E-state index contributed by atoms with van der Waals surface area (Å²) in [5.74, 6) is -0.798. The third-order valence-electron chi connectivity index (χ3n) is 3.16. The Kier molecular flexibility index (Phi) is 3.29. The lowest BCUT2D eigenvalue weighted by atomic mass is 9.93. The number of aryl methyl sites for hydroxylation is 1. The van der Waals surface area contributed by atoms with Gasteiger partial charge in [-0.3, -0.25) is 0 Å². The molecule has 1 aliphatic heterocycles. The molecule has 1 aromatic carbocycles. The number of rotatable bonds is 2. The van der Waals surface area contributed by atoms with Crippen LogP contribution in [-0.2, 0) is 4.79 Å².